The van der Waals surface area contributed by atoms with Gasteiger partial charge in [0.05, 0.1) is 22.7 Å². The van der Waals surface area contributed by atoms with Crippen LogP contribution in [0.5, 0.6) is 0 Å². The summed E-state index contributed by atoms with van der Waals surface area (Å²) >= 11 is 0. The Morgan fingerprint density at radius 3 is 2.85 bits per heavy atom. The fourth-order valence-corrected chi connectivity index (χ4v) is 2.86. The largest absolute Gasteiger partial charge is 0.369 e. The fourth-order valence-electron chi connectivity index (χ4n) is 2.86. The zero-order valence-corrected chi connectivity index (χ0v) is 11.2. The fraction of sp³-hybridized carbons (Fsp3) is 0.571. The zero-order chi connectivity index (χ0) is 14.3. The molecule has 1 aromatic rings. The highest BCUT2D eigenvalue weighted by Crippen LogP contribution is 2.45. The maximum absolute atomic E-state index is 12.1. The van der Waals surface area contributed by atoms with Crippen LogP contribution in [0.15, 0.2) is 18.5 Å². The molecule has 0 aromatic carbocycles. The van der Waals surface area contributed by atoms with Crippen LogP contribution in [0.3, 0.4) is 0 Å². The molecule has 2 heterocycles. The highest BCUT2D eigenvalue weighted by Gasteiger charge is 2.44. The quantitative estimate of drug-likeness (QED) is 0.625. The van der Waals surface area contributed by atoms with Gasteiger partial charge in [-0.05, 0) is 24.8 Å². The van der Waals surface area contributed by atoms with Crippen molar-refractivity contribution in [2.24, 2.45) is 11.8 Å². The van der Waals surface area contributed by atoms with Crippen LogP contribution in [0.25, 0.3) is 0 Å². The minimum Gasteiger partial charge on any atom is -0.369 e. The molecule has 3 unspecified atom stereocenters. The molecular weight excluding hydrogens is 260 g/mol. The first-order chi connectivity index (χ1) is 9.58. The number of pyridine rings is 1. The van der Waals surface area contributed by atoms with Gasteiger partial charge in [-0.3, -0.25) is 19.9 Å². The lowest BCUT2D eigenvalue weighted by atomic mass is 9.87. The van der Waals surface area contributed by atoms with Gasteiger partial charge in [0.15, 0.2) is 0 Å². The molecule has 1 saturated carbocycles. The number of ketones is 1. The Balaban J connectivity index is 1.90. The molecule has 3 atom stereocenters. The number of carbonyl (C=O) groups is 1. The summed E-state index contributed by atoms with van der Waals surface area (Å²) in [7, 11) is 0. The molecule has 106 valence electrons. The van der Waals surface area contributed by atoms with E-state index in [1.54, 1.807) is 6.07 Å². The number of hydrogen-bond donors (Lipinski definition) is 0. The van der Waals surface area contributed by atoms with Crippen molar-refractivity contribution in [2.75, 3.05) is 0 Å². The lowest BCUT2D eigenvalue weighted by Gasteiger charge is -2.34. The number of carbonyl (C=O) groups excluding carboxylic acids is 1. The molecule has 0 amide bonds. The number of Topliss-reactive ketones (excluding diaryl/α,β-unsaturated/α-hetero) is 1. The Kier molecular flexibility index (Phi) is 3.25. The highest BCUT2D eigenvalue weighted by molar-refractivity contribution is 5.82. The summed E-state index contributed by atoms with van der Waals surface area (Å²) in [6, 6.07) is 1.58. The summed E-state index contributed by atoms with van der Waals surface area (Å²) in [6.07, 6.45) is 4.45. The van der Waals surface area contributed by atoms with E-state index < -0.39 is 11.0 Å². The lowest BCUT2D eigenvalue weighted by molar-refractivity contribution is -0.386. The number of nitrogens with zero attached hydrogens (tertiary/aromatic N) is 2. The van der Waals surface area contributed by atoms with Gasteiger partial charge in [0, 0.05) is 18.5 Å². The Bertz CT molecular complexity index is 556. The minimum atomic E-state index is -0.521. The summed E-state index contributed by atoms with van der Waals surface area (Å²) in [5.41, 5.74) is 0.380. The molecule has 0 bridgehead atoms. The molecule has 6 heteroatoms. The first kappa shape index (κ1) is 13.2. The van der Waals surface area contributed by atoms with Gasteiger partial charge in [0.2, 0.25) is 0 Å². The van der Waals surface area contributed by atoms with E-state index in [0.29, 0.717) is 11.5 Å². The smallest absolute Gasteiger partial charge is 0.293 e. The molecule has 1 aliphatic heterocycles. The van der Waals surface area contributed by atoms with E-state index in [1.165, 1.54) is 12.4 Å². The van der Waals surface area contributed by atoms with Crippen molar-refractivity contribution >= 4 is 11.5 Å². The van der Waals surface area contributed by atoms with Crippen molar-refractivity contribution in [3.63, 3.8) is 0 Å². The number of ether oxygens (including phenoxy) is 1. The maximum Gasteiger partial charge on any atom is 0.293 e. The third-order valence-electron chi connectivity index (χ3n) is 4.17. The Labute approximate surface area is 116 Å². The van der Waals surface area contributed by atoms with Crippen molar-refractivity contribution in [1.29, 1.82) is 0 Å². The van der Waals surface area contributed by atoms with Crippen molar-refractivity contribution in [3.8, 4) is 0 Å². The molecule has 2 aliphatic rings. The number of aromatic nitrogens is 1. The molecule has 2 fully saturated rings. The van der Waals surface area contributed by atoms with Gasteiger partial charge in [-0.1, -0.05) is 6.92 Å². The van der Waals surface area contributed by atoms with Crippen LogP contribution >= 0.6 is 0 Å². The molecule has 0 N–H and O–H groups in total. The predicted molar refractivity (Wildman–Crippen MR) is 70.0 cm³/mol. The second-order valence-electron chi connectivity index (χ2n) is 5.58. The zero-order valence-electron chi connectivity index (χ0n) is 11.2. The Hall–Kier alpha value is -1.82. The molecular formula is C14H16N2O4. The van der Waals surface area contributed by atoms with Crippen LogP contribution in [-0.4, -0.2) is 21.8 Å². The summed E-state index contributed by atoms with van der Waals surface area (Å²) in [4.78, 5) is 26.5. The standard InChI is InChI=1S/C14H16N2O4/c1-8-12(17)6-13(20-14(8)9-2-3-9)10-4-5-15-7-11(10)16(18)19/h4-5,7-9,13-14H,2-3,6H2,1H3. The van der Waals surface area contributed by atoms with Crippen LogP contribution in [-0.2, 0) is 9.53 Å². The first-order valence-corrected chi connectivity index (χ1v) is 6.84. The molecule has 0 spiro atoms. The van der Waals surface area contributed by atoms with Crippen LogP contribution < -0.4 is 0 Å². The summed E-state index contributed by atoms with van der Waals surface area (Å²) in [6.45, 7) is 1.89. The van der Waals surface area contributed by atoms with E-state index in [4.69, 9.17) is 4.74 Å². The van der Waals surface area contributed by atoms with Crippen LogP contribution in [0, 0.1) is 22.0 Å². The van der Waals surface area contributed by atoms with Gasteiger partial charge in [-0.2, -0.15) is 0 Å². The normalized spacial score (nSPS) is 30.2. The summed E-state index contributed by atoms with van der Waals surface area (Å²) in [5.74, 6) is 0.446. The minimum absolute atomic E-state index is 0.0746. The first-order valence-electron chi connectivity index (χ1n) is 6.84. The van der Waals surface area contributed by atoms with Gasteiger partial charge in [0.25, 0.3) is 5.69 Å². The molecule has 1 aromatic heterocycles. The van der Waals surface area contributed by atoms with E-state index >= 15 is 0 Å². The van der Waals surface area contributed by atoms with Gasteiger partial charge >= 0.3 is 0 Å². The van der Waals surface area contributed by atoms with E-state index in [1.807, 2.05) is 6.92 Å². The average Bonchev–Trinajstić information content (AvgIpc) is 3.26. The Morgan fingerprint density at radius 2 is 2.20 bits per heavy atom. The predicted octanol–water partition coefficient (Wildman–Crippen LogP) is 2.44. The summed E-state index contributed by atoms with van der Waals surface area (Å²) < 4.78 is 6.02. The monoisotopic (exact) mass is 276 g/mol. The van der Waals surface area contributed by atoms with E-state index in [0.717, 1.165) is 12.8 Å². The van der Waals surface area contributed by atoms with Crippen molar-refractivity contribution in [3.05, 3.63) is 34.1 Å². The third-order valence-corrected chi connectivity index (χ3v) is 4.17. The van der Waals surface area contributed by atoms with E-state index in [2.05, 4.69) is 4.98 Å². The van der Waals surface area contributed by atoms with Gasteiger partial charge in [0.1, 0.15) is 12.0 Å². The van der Waals surface area contributed by atoms with E-state index in [9.17, 15) is 14.9 Å². The maximum atomic E-state index is 12.1. The molecule has 0 radical (unpaired) electrons. The topological polar surface area (TPSA) is 82.3 Å². The molecule has 1 saturated heterocycles. The van der Waals surface area contributed by atoms with Gasteiger partial charge in [-0.15, -0.1) is 0 Å². The number of nitro groups is 1. The molecule has 6 nitrogen and oxygen atoms in total. The summed E-state index contributed by atoms with van der Waals surface area (Å²) in [5, 5.41) is 11.1. The number of rotatable bonds is 3. The van der Waals surface area contributed by atoms with Crippen LogP contribution in [0.4, 0.5) is 5.69 Å². The van der Waals surface area contributed by atoms with Crippen LogP contribution in [0.1, 0.15) is 37.9 Å². The highest BCUT2D eigenvalue weighted by atomic mass is 16.6. The molecule has 20 heavy (non-hydrogen) atoms. The third kappa shape index (κ3) is 2.31. The van der Waals surface area contributed by atoms with Crippen LogP contribution in [0.2, 0.25) is 0 Å². The van der Waals surface area contributed by atoms with Crippen molar-refractivity contribution < 1.29 is 14.5 Å². The van der Waals surface area contributed by atoms with Gasteiger partial charge < -0.3 is 4.74 Å². The second kappa shape index (κ2) is 4.94. The molecule has 1 aliphatic carbocycles. The van der Waals surface area contributed by atoms with E-state index in [-0.39, 0.29) is 29.9 Å². The average molecular weight is 276 g/mol. The SMILES string of the molecule is CC1C(=O)CC(c2ccncc2[N+](=O)[O-])OC1C1CC1. The number of hydrogen-bond acceptors (Lipinski definition) is 5. The van der Waals surface area contributed by atoms with Gasteiger partial charge in [-0.25, -0.2) is 0 Å². The van der Waals surface area contributed by atoms with Crippen molar-refractivity contribution in [1.82, 2.24) is 4.98 Å². The lowest BCUT2D eigenvalue weighted by Crippen LogP contribution is -2.38. The Morgan fingerprint density at radius 1 is 1.45 bits per heavy atom. The van der Waals surface area contributed by atoms with Crippen molar-refractivity contribution in [2.45, 2.75) is 38.4 Å². The second-order valence-corrected chi connectivity index (χ2v) is 5.58. The molecule has 3 rings (SSSR count).